The van der Waals surface area contributed by atoms with E-state index in [4.69, 9.17) is 4.74 Å². The van der Waals surface area contributed by atoms with Gasteiger partial charge in [0.1, 0.15) is 0 Å². The van der Waals surface area contributed by atoms with Crippen LogP contribution in [0, 0.1) is 5.82 Å². The molecule has 1 N–H and O–H groups in total. The van der Waals surface area contributed by atoms with E-state index in [1.807, 2.05) is 0 Å². The van der Waals surface area contributed by atoms with E-state index in [2.05, 4.69) is 0 Å². The number of ketones is 1. The van der Waals surface area contributed by atoms with Gasteiger partial charge in [-0.25, -0.2) is 0 Å². The molecule has 0 spiro atoms. The van der Waals surface area contributed by atoms with Crippen LogP contribution in [0.1, 0.15) is 30.6 Å². The lowest BCUT2D eigenvalue weighted by molar-refractivity contribution is 0.0984. The van der Waals surface area contributed by atoms with Gasteiger partial charge in [0.15, 0.2) is 17.3 Å². The van der Waals surface area contributed by atoms with Gasteiger partial charge in [0.2, 0.25) is 5.82 Å². The van der Waals surface area contributed by atoms with Crippen molar-refractivity contribution in [2.75, 3.05) is 6.61 Å². The molecular formula is C11H13FO3. The predicted octanol–water partition coefficient (Wildman–Crippen LogP) is 2.52. The van der Waals surface area contributed by atoms with Crippen molar-refractivity contribution in [3.05, 3.63) is 23.5 Å². The van der Waals surface area contributed by atoms with E-state index in [0.717, 1.165) is 0 Å². The molecule has 0 aliphatic heterocycles. The van der Waals surface area contributed by atoms with Crippen molar-refractivity contribution in [3.63, 3.8) is 0 Å². The SMILES string of the molecule is CCOc1ccc(C(=O)CC)c(O)c1F. The van der Waals surface area contributed by atoms with Crippen molar-refractivity contribution in [2.45, 2.75) is 20.3 Å². The van der Waals surface area contributed by atoms with Crippen LogP contribution in [0.2, 0.25) is 0 Å². The molecule has 3 nitrogen and oxygen atoms in total. The average Bonchev–Trinajstić information content (AvgIpc) is 2.24. The van der Waals surface area contributed by atoms with Crippen LogP contribution in [-0.4, -0.2) is 17.5 Å². The van der Waals surface area contributed by atoms with Crippen molar-refractivity contribution < 1.29 is 19.0 Å². The fraction of sp³-hybridized carbons (Fsp3) is 0.364. The number of rotatable bonds is 4. The topological polar surface area (TPSA) is 46.5 Å². The van der Waals surface area contributed by atoms with Gasteiger partial charge in [-0.15, -0.1) is 0 Å². The van der Waals surface area contributed by atoms with Gasteiger partial charge in [0, 0.05) is 6.42 Å². The largest absolute Gasteiger partial charge is 0.504 e. The molecule has 0 atom stereocenters. The first-order valence-electron chi connectivity index (χ1n) is 4.79. The van der Waals surface area contributed by atoms with Gasteiger partial charge < -0.3 is 9.84 Å². The average molecular weight is 212 g/mol. The second-order valence-electron chi connectivity index (χ2n) is 2.98. The maximum absolute atomic E-state index is 13.4. The lowest BCUT2D eigenvalue weighted by Crippen LogP contribution is -2.01. The van der Waals surface area contributed by atoms with Gasteiger partial charge in [-0.1, -0.05) is 6.92 Å². The first-order chi connectivity index (χ1) is 7.11. The Bertz CT molecular complexity index is 374. The number of aromatic hydroxyl groups is 1. The Morgan fingerprint density at radius 2 is 2.13 bits per heavy atom. The molecule has 0 bridgehead atoms. The van der Waals surface area contributed by atoms with Crippen LogP contribution < -0.4 is 4.74 Å². The normalized spacial score (nSPS) is 10.1. The summed E-state index contributed by atoms with van der Waals surface area (Å²) in [7, 11) is 0. The molecule has 1 aromatic carbocycles. The van der Waals surface area contributed by atoms with Crippen molar-refractivity contribution >= 4 is 5.78 Å². The highest BCUT2D eigenvalue weighted by molar-refractivity contribution is 5.98. The Balaban J connectivity index is 3.15. The summed E-state index contributed by atoms with van der Waals surface area (Å²) >= 11 is 0. The van der Waals surface area contributed by atoms with Gasteiger partial charge in [-0.2, -0.15) is 4.39 Å². The zero-order valence-electron chi connectivity index (χ0n) is 8.71. The Hall–Kier alpha value is -1.58. The van der Waals surface area contributed by atoms with Gasteiger partial charge in [0.05, 0.1) is 12.2 Å². The van der Waals surface area contributed by atoms with Crippen LogP contribution in [0.25, 0.3) is 0 Å². The third-order valence-electron chi connectivity index (χ3n) is 2.00. The molecule has 0 heterocycles. The Morgan fingerprint density at radius 3 is 2.67 bits per heavy atom. The second kappa shape index (κ2) is 4.77. The van der Waals surface area contributed by atoms with E-state index in [0.29, 0.717) is 6.61 Å². The van der Waals surface area contributed by atoms with E-state index in [1.165, 1.54) is 12.1 Å². The molecular weight excluding hydrogens is 199 g/mol. The number of carbonyl (C=O) groups is 1. The fourth-order valence-corrected chi connectivity index (χ4v) is 1.23. The zero-order valence-corrected chi connectivity index (χ0v) is 8.71. The van der Waals surface area contributed by atoms with E-state index in [9.17, 15) is 14.3 Å². The zero-order chi connectivity index (χ0) is 11.4. The van der Waals surface area contributed by atoms with E-state index >= 15 is 0 Å². The molecule has 0 aliphatic carbocycles. The minimum Gasteiger partial charge on any atom is -0.504 e. The van der Waals surface area contributed by atoms with E-state index in [1.54, 1.807) is 13.8 Å². The third-order valence-corrected chi connectivity index (χ3v) is 2.00. The highest BCUT2D eigenvalue weighted by Crippen LogP contribution is 2.30. The van der Waals surface area contributed by atoms with Gasteiger partial charge in [0.25, 0.3) is 0 Å². The number of halogens is 1. The summed E-state index contributed by atoms with van der Waals surface area (Å²) in [6.07, 6.45) is 0.223. The Morgan fingerprint density at radius 1 is 1.47 bits per heavy atom. The van der Waals surface area contributed by atoms with Crippen LogP contribution in [-0.2, 0) is 0 Å². The molecule has 0 saturated heterocycles. The molecule has 0 aromatic heterocycles. The number of ether oxygens (including phenoxy) is 1. The van der Waals surface area contributed by atoms with Crippen molar-refractivity contribution in [1.29, 1.82) is 0 Å². The third kappa shape index (κ3) is 2.26. The quantitative estimate of drug-likeness (QED) is 0.780. The van der Waals surface area contributed by atoms with Crippen LogP contribution in [0.15, 0.2) is 12.1 Å². The van der Waals surface area contributed by atoms with Gasteiger partial charge in [-0.05, 0) is 19.1 Å². The van der Waals surface area contributed by atoms with E-state index < -0.39 is 11.6 Å². The number of carbonyl (C=O) groups excluding carboxylic acids is 1. The molecule has 0 radical (unpaired) electrons. The van der Waals surface area contributed by atoms with Crippen LogP contribution in [0.3, 0.4) is 0 Å². The van der Waals surface area contributed by atoms with Crippen LogP contribution >= 0.6 is 0 Å². The number of hydrogen-bond acceptors (Lipinski definition) is 3. The molecule has 0 saturated carbocycles. The molecule has 0 fully saturated rings. The second-order valence-corrected chi connectivity index (χ2v) is 2.98. The van der Waals surface area contributed by atoms with Crippen molar-refractivity contribution in [2.24, 2.45) is 0 Å². The molecule has 0 aliphatic rings. The monoisotopic (exact) mass is 212 g/mol. The lowest BCUT2D eigenvalue weighted by atomic mass is 10.1. The summed E-state index contributed by atoms with van der Waals surface area (Å²) in [6.45, 7) is 3.66. The summed E-state index contributed by atoms with van der Waals surface area (Å²) in [5, 5.41) is 9.43. The smallest absolute Gasteiger partial charge is 0.207 e. The van der Waals surface area contributed by atoms with Gasteiger partial charge in [-0.3, -0.25) is 4.79 Å². The summed E-state index contributed by atoms with van der Waals surface area (Å²) in [5.41, 5.74) is -0.00143. The number of phenolic OH excluding ortho intramolecular Hbond substituents is 1. The minimum atomic E-state index is -0.879. The first kappa shape index (κ1) is 11.5. The number of phenols is 1. The highest BCUT2D eigenvalue weighted by atomic mass is 19.1. The molecule has 4 heteroatoms. The summed E-state index contributed by atoms with van der Waals surface area (Å²) in [5.74, 6) is -1.85. The maximum Gasteiger partial charge on any atom is 0.207 e. The summed E-state index contributed by atoms with van der Waals surface area (Å²) in [6, 6.07) is 2.72. The van der Waals surface area contributed by atoms with Crippen molar-refractivity contribution in [3.8, 4) is 11.5 Å². The Kier molecular flexibility index (Phi) is 3.66. The standard InChI is InChI=1S/C11H13FO3/c1-3-8(13)7-5-6-9(15-4-2)10(12)11(7)14/h5-6,14H,3-4H2,1-2H3. The Labute approximate surface area is 87.5 Å². The predicted molar refractivity (Wildman–Crippen MR) is 53.9 cm³/mol. The first-order valence-corrected chi connectivity index (χ1v) is 4.79. The molecule has 15 heavy (non-hydrogen) atoms. The lowest BCUT2D eigenvalue weighted by Gasteiger charge is -2.08. The molecule has 82 valence electrons. The molecule has 0 amide bonds. The molecule has 0 unspecified atom stereocenters. The summed E-state index contributed by atoms with van der Waals surface area (Å²) < 4.78 is 18.4. The number of hydrogen-bond donors (Lipinski definition) is 1. The van der Waals surface area contributed by atoms with E-state index in [-0.39, 0.29) is 23.5 Å². The highest BCUT2D eigenvalue weighted by Gasteiger charge is 2.17. The van der Waals surface area contributed by atoms with Crippen LogP contribution in [0.4, 0.5) is 4.39 Å². The van der Waals surface area contributed by atoms with Gasteiger partial charge >= 0.3 is 0 Å². The fourth-order valence-electron chi connectivity index (χ4n) is 1.23. The number of benzene rings is 1. The van der Waals surface area contributed by atoms with Crippen LogP contribution in [0.5, 0.6) is 11.5 Å². The molecule has 1 rings (SSSR count). The summed E-state index contributed by atoms with van der Waals surface area (Å²) in [4.78, 5) is 11.3. The molecule has 1 aromatic rings. The maximum atomic E-state index is 13.4. The number of Topliss-reactive ketones (excluding diaryl/α,β-unsaturated/α-hetero) is 1. The minimum absolute atomic E-state index is 0.00143. The van der Waals surface area contributed by atoms with Crippen molar-refractivity contribution in [1.82, 2.24) is 0 Å².